The SMILES string of the molecule is Cc1cc(C)c(C(=O)COC(=O)C2CCN(S(=O)(=O)c3ccc(Cl)cc3)CC2)cc1C. The lowest BCUT2D eigenvalue weighted by molar-refractivity contribution is -0.148. The maximum atomic E-state index is 12.8. The highest BCUT2D eigenvalue weighted by molar-refractivity contribution is 7.89. The van der Waals surface area contributed by atoms with E-state index in [1.807, 2.05) is 32.9 Å². The lowest BCUT2D eigenvalue weighted by Crippen LogP contribution is -2.40. The highest BCUT2D eigenvalue weighted by Crippen LogP contribution is 2.25. The van der Waals surface area contributed by atoms with Gasteiger partial charge in [-0.05, 0) is 80.6 Å². The molecule has 0 bridgehead atoms. The summed E-state index contributed by atoms with van der Waals surface area (Å²) in [5, 5.41) is 0.464. The van der Waals surface area contributed by atoms with Crippen LogP contribution in [0.4, 0.5) is 0 Å². The quantitative estimate of drug-likeness (QED) is 0.476. The van der Waals surface area contributed by atoms with E-state index < -0.39 is 21.9 Å². The number of aryl methyl sites for hydroxylation is 3. The second-order valence-corrected chi connectivity index (χ2v) is 10.3. The zero-order valence-corrected chi connectivity index (χ0v) is 19.4. The van der Waals surface area contributed by atoms with Crippen LogP contribution in [-0.4, -0.2) is 44.2 Å². The van der Waals surface area contributed by atoms with Crippen LogP contribution in [0.5, 0.6) is 0 Å². The fourth-order valence-corrected chi connectivity index (χ4v) is 5.28. The lowest BCUT2D eigenvalue weighted by Gasteiger charge is -2.30. The van der Waals surface area contributed by atoms with Gasteiger partial charge < -0.3 is 4.74 Å². The summed E-state index contributed by atoms with van der Waals surface area (Å²) in [5.41, 5.74) is 3.52. The van der Waals surface area contributed by atoms with Gasteiger partial charge in [-0.2, -0.15) is 4.31 Å². The molecule has 0 saturated carbocycles. The van der Waals surface area contributed by atoms with E-state index in [1.54, 1.807) is 0 Å². The molecule has 1 heterocycles. The summed E-state index contributed by atoms with van der Waals surface area (Å²) < 4.78 is 32.1. The monoisotopic (exact) mass is 463 g/mol. The van der Waals surface area contributed by atoms with E-state index in [2.05, 4.69) is 0 Å². The number of nitrogens with zero attached hydrogens (tertiary/aromatic N) is 1. The molecule has 0 aromatic heterocycles. The Bertz CT molecular complexity index is 1090. The molecule has 166 valence electrons. The molecule has 1 aliphatic heterocycles. The molecule has 8 heteroatoms. The van der Waals surface area contributed by atoms with Crippen LogP contribution in [0.25, 0.3) is 0 Å². The van der Waals surface area contributed by atoms with E-state index in [9.17, 15) is 18.0 Å². The van der Waals surface area contributed by atoms with Crippen molar-refractivity contribution in [1.82, 2.24) is 4.31 Å². The molecule has 0 aliphatic carbocycles. The lowest BCUT2D eigenvalue weighted by atomic mass is 9.97. The van der Waals surface area contributed by atoms with Gasteiger partial charge in [-0.15, -0.1) is 0 Å². The Morgan fingerprint density at radius 3 is 2.19 bits per heavy atom. The molecule has 6 nitrogen and oxygen atoms in total. The number of ether oxygens (including phenoxy) is 1. The van der Waals surface area contributed by atoms with Crippen LogP contribution in [0.15, 0.2) is 41.3 Å². The maximum Gasteiger partial charge on any atom is 0.309 e. The summed E-state index contributed by atoms with van der Waals surface area (Å²) in [6, 6.07) is 9.78. The predicted octanol–water partition coefficient (Wildman–Crippen LogP) is 4.09. The van der Waals surface area contributed by atoms with E-state index in [0.717, 1.165) is 16.7 Å². The number of piperidine rings is 1. The van der Waals surface area contributed by atoms with Crippen molar-refractivity contribution in [2.75, 3.05) is 19.7 Å². The van der Waals surface area contributed by atoms with Gasteiger partial charge in [0.15, 0.2) is 6.61 Å². The second-order valence-electron chi connectivity index (χ2n) is 7.91. The Hall–Kier alpha value is -2.22. The number of rotatable bonds is 6. The first-order valence-electron chi connectivity index (χ1n) is 10.1. The van der Waals surface area contributed by atoms with E-state index >= 15 is 0 Å². The van der Waals surface area contributed by atoms with Crippen molar-refractivity contribution >= 4 is 33.4 Å². The Morgan fingerprint density at radius 1 is 1.00 bits per heavy atom. The van der Waals surface area contributed by atoms with Gasteiger partial charge in [0.25, 0.3) is 0 Å². The number of ketones is 1. The maximum absolute atomic E-state index is 12.8. The molecule has 0 N–H and O–H groups in total. The first-order valence-corrected chi connectivity index (χ1v) is 11.9. The molecule has 0 spiro atoms. The van der Waals surface area contributed by atoms with E-state index in [1.165, 1.54) is 28.6 Å². The molecule has 2 aromatic rings. The van der Waals surface area contributed by atoms with Crippen LogP contribution in [0, 0.1) is 26.7 Å². The zero-order chi connectivity index (χ0) is 22.8. The number of sulfonamides is 1. The van der Waals surface area contributed by atoms with Crippen molar-refractivity contribution in [3.05, 3.63) is 63.7 Å². The normalized spacial score (nSPS) is 15.6. The van der Waals surface area contributed by atoms with E-state index in [-0.39, 0.29) is 30.4 Å². The number of esters is 1. The number of carbonyl (C=O) groups is 2. The van der Waals surface area contributed by atoms with Gasteiger partial charge in [-0.3, -0.25) is 9.59 Å². The molecule has 2 aromatic carbocycles. The van der Waals surface area contributed by atoms with Crippen LogP contribution in [-0.2, 0) is 19.6 Å². The molecule has 3 rings (SSSR count). The average Bonchev–Trinajstić information content (AvgIpc) is 2.74. The molecule has 0 atom stereocenters. The summed E-state index contributed by atoms with van der Waals surface area (Å²) in [6.07, 6.45) is 0.699. The van der Waals surface area contributed by atoms with Crippen LogP contribution in [0.1, 0.15) is 39.9 Å². The molecule has 1 saturated heterocycles. The minimum atomic E-state index is -3.63. The van der Waals surface area contributed by atoms with Crippen molar-refractivity contribution in [3.63, 3.8) is 0 Å². The molecule has 31 heavy (non-hydrogen) atoms. The van der Waals surface area contributed by atoms with Crippen molar-refractivity contribution in [3.8, 4) is 0 Å². The summed E-state index contributed by atoms with van der Waals surface area (Å²) in [6.45, 7) is 5.90. The molecule has 0 unspecified atom stereocenters. The summed E-state index contributed by atoms with van der Waals surface area (Å²) in [4.78, 5) is 25.1. The van der Waals surface area contributed by atoms with Crippen LogP contribution >= 0.6 is 11.6 Å². The Labute approximate surface area is 188 Å². The molecule has 1 aliphatic rings. The highest BCUT2D eigenvalue weighted by Gasteiger charge is 2.33. The van der Waals surface area contributed by atoms with Crippen molar-refractivity contribution in [2.24, 2.45) is 5.92 Å². The van der Waals surface area contributed by atoms with Gasteiger partial charge in [0.2, 0.25) is 15.8 Å². The molecular weight excluding hydrogens is 438 g/mol. The Balaban J connectivity index is 1.55. The van der Waals surface area contributed by atoms with Gasteiger partial charge in [0.1, 0.15) is 0 Å². The second kappa shape index (κ2) is 9.51. The summed E-state index contributed by atoms with van der Waals surface area (Å²) in [5.74, 6) is -1.12. The molecular formula is C23H26ClNO5S. The predicted molar refractivity (Wildman–Crippen MR) is 119 cm³/mol. The molecule has 0 amide bonds. The Kier molecular flexibility index (Phi) is 7.19. The average molecular weight is 464 g/mol. The summed E-state index contributed by atoms with van der Waals surface area (Å²) in [7, 11) is -3.63. The first-order chi connectivity index (χ1) is 14.6. The van der Waals surface area contributed by atoms with Gasteiger partial charge >= 0.3 is 5.97 Å². The van der Waals surface area contributed by atoms with Crippen molar-refractivity contribution in [1.29, 1.82) is 0 Å². The van der Waals surface area contributed by atoms with E-state index in [4.69, 9.17) is 16.3 Å². The number of carbonyl (C=O) groups excluding carboxylic acids is 2. The fraction of sp³-hybridized carbons (Fsp3) is 0.391. The number of benzene rings is 2. The number of hydrogen-bond acceptors (Lipinski definition) is 5. The number of Topliss-reactive ketones (excluding diaryl/α,β-unsaturated/α-hetero) is 1. The molecule has 0 radical (unpaired) electrons. The third kappa shape index (κ3) is 5.34. The Morgan fingerprint density at radius 2 is 1.58 bits per heavy atom. The fourth-order valence-electron chi connectivity index (χ4n) is 3.68. The minimum Gasteiger partial charge on any atom is -0.457 e. The third-order valence-corrected chi connectivity index (χ3v) is 7.89. The smallest absolute Gasteiger partial charge is 0.309 e. The van der Waals surface area contributed by atoms with Crippen LogP contribution in [0.2, 0.25) is 5.02 Å². The van der Waals surface area contributed by atoms with Gasteiger partial charge in [0, 0.05) is 23.7 Å². The van der Waals surface area contributed by atoms with Crippen molar-refractivity contribution < 1.29 is 22.7 Å². The zero-order valence-electron chi connectivity index (χ0n) is 17.9. The first kappa shape index (κ1) is 23.4. The largest absolute Gasteiger partial charge is 0.457 e. The van der Waals surface area contributed by atoms with Gasteiger partial charge in [-0.25, -0.2) is 8.42 Å². The van der Waals surface area contributed by atoms with Crippen molar-refractivity contribution in [2.45, 2.75) is 38.5 Å². The van der Waals surface area contributed by atoms with Crippen LogP contribution in [0.3, 0.4) is 0 Å². The van der Waals surface area contributed by atoms with Gasteiger partial charge in [-0.1, -0.05) is 17.7 Å². The highest BCUT2D eigenvalue weighted by atomic mass is 35.5. The summed E-state index contributed by atoms with van der Waals surface area (Å²) >= 11 is 5.83. The number of hydrogen-bond donors (Lipinski definition) is 0. The minimum absolute atomic E-state index is 0.173. The van der Waals surface area contributed by atoms with Crippen LogP contribution < -0.4 is 0 Å². The van der Waals surface area contributed by atoms with Gasteiger partial charge in [0.05, 0.1) is 10.8 Å². The third-order valence-electron chi connectivity index (χ3n) is 5.73. The molecule has 1 fully saturated rings. The number of halogens is 1. The standard InChI is InChI=1S/C23H26ClNO5S/c1-15-12-17(3)21(13-16(15)2)22(26)14-30-23(27)18-8-10-25(11-9-18)31(28,29)20-6-4-19(24)5-7-20/h4-7,12-13,18H,8-11,14H2,1-3H3. The topological polar surface area (TPSA) is 80.8 Å². The van der Waals surface area contributed by atoms with E-state index in [0.29, 0.717) is 23.4 Å².